The first-order valence-corrected chi connectivity index (χ1v) is 14.7. The largest absolute Gasteiger partial charge is 0.456 e. The molecule has 7 aromatic carbocycles. The van der Waals surface area contributed by atoms with Crippen LogP contribution in [-0.2, 0) is 5.41 Å². The van der Waals surface area contributed by atoms with E-state index in [2.05, 4.69) is 147 Å². The lowest BCUT2D eigenvalue weighted by Gasteiger charge is -2.21. The van der Waals surface area contributed by atoms with Gasteiger partial charge in [0.1, 0.15) is 11.2 Å². The summed E-state index contributed by atoms with van der Waals surface area (Å²) >= 11 is 0. The van der Waals surface area contributed by atoms with E-state index in [9.17, 15) is 0 Å². The Kier molecular flexibility index (Phi) is 4.73. The monoisotopic (exact) mass is 536 g/mol. The molecule has 0 bridgehead atoms. The highest BCUT2D eigenvalue weighted by atomic mass is 16.3. The molecule has 8 aromatic rings. The Bertz CT molecular complexity index is 2310. The second kappa shape index (κ2) is 8.44. The van der Waals surface area contributed by atoms with E-state index in [1.807, 2.05) is 0 Å². The zero-order chi connectivity index (χ0) is 28.0. The lowest BCUT2D eigenvalue weighted by Crippen LogP contribution is -2.14. The van der Waals surface area contributed by atoms with Gasteiger partial charge in [-0.15, -0.1) is 0 Å². The quantitative estimate of drug-likeness (QED) is 0.200. The molecule has 198 valence electrons. The van der Waals surface area contributed by atoms with Crippen molar-refractivity contribution in [3.63, 3.8) is 0 Å². The summed E-state index contributed by atoms with van der Waals surface area (Å²) in [5.41, 5.74) is 12.2. The summed E-state index contributed by atoms with van der Waals surface area (Å²) in [5, 5.41) is 7.46. The standard InChI is InChI=1S/C41H28O/c1-41(2)33-19-11-10-18-31(33)39-34(41)21-23-36-40(39)32-24-26(20-22-35(32)42-36)38-29-16-8-6-14-27(29)37(25-12-4-3-5-13-25)28-15-7-9-17-30(28)38/h3-24H,1-2H3. The van der Waals surface area contributed by atoms with E-state index in [4.69, 9.17) is 4.42 Å². The van der Waals surface area contributed by atoms with Crippen LogP contribution in [0.5, 0.6) is 0 Å². The van der Waals surface area contributed by atoms with Crippen LogP contribution in [0.1, 0.15) is 25.0 Å². The third-order valence-electron chi connectivity index (χ3n) is 9.46. The van der Waals surface area contributed by atoms with E-state index in [0.717, 1.165) is 11.2 Å². The maximum Gasteiger partial charge on any atom is 0.136 e. The lowest BCUT2D eigenvalue weighted by molar-refractivity contribution is 0.656. The van der Waals surface area contributed by atoms with Gasteiger partial charge in [0.05, 0.1) is 0 Å². The van der Waals surface area contributed by atoms with Crippen LogP contribution in [0.2, 0.25) is 0 Å². The number of hydrogen-bond donors (Lipinski definition) is 0. The van der Waals surface area contributed by atoms with Gasteiger partial charge in [0.15, 0.2) is 0 Å². The van der Waals surface area contributed by atoms with Crippen LogP contribution in [0.25, 0.3) is 76.9 Å². The first-order chi connectivity index (χ1) is 20.6. The summed E-state index contributed by atoms with van der Waals surface area (Å²) in [6, 6.07) is 48.6. The fourth-order valence-electron chi connectivity index (χ4n) is 7.57. The third kappa shape index (κ3) is 3.08. The van der Waals surface area contributed by atoms with Crippen molar-refractivity contribution in [2.75, 3.05) is 0 Å². The van der Waals surface area contributed by atoms with Crippen molar-refractivity contribution in [1.82, 2.24) is 0 Å². The van der Waals surface area contributed by atoms with E-state index in [1.165, 1.54) is 76.8 Å². The van der Waals surface area contributed by atoms with Gasteiger partial charge in [-0.3, -0.25) is 0 Å². The highest BCUT2D eigenvalue weighted by Gasteiger charge is 2.37. The molecule has 1 heterocycles. The molecule has 0 N–H and O–H groups in total. The van der Waals surface area contributed by atoms with Crippen molar-refractivity contribution in [3.05, 3.63) is 145 Å². The van der Waals surface area contributed by atoms with E-state index < -0.39 is 0 Å². The molecule has 0 radical (unpaired) electrons. The molecule has 0 unspecified atom stereocenters. The number of benzene rings is 7. The van der Waals surface area contributed by atoms with Crippen molar-refractivity contribution in [2.24, 2.45) is 0 Å². The van der Waals surface area contributed by atoms with Crippen molar-refractivity contribution >= 4 is 43.5 Å². The maximum absolute atomic E-state index is 6.50. The summed E-state index contributed by atoms with van der Waals surface area (Å²) in [6.07, 6.45) is 0. The fourth-order valence-corrected chi connectivity index (χ4v) is 7.57. The van der Waals surface area contributed by atoms with Gasteiger partial charge in [0, 0.05) is 16.2 Å². The summed E-state index contributed by atoms with van der Waals surface area (Å²) < 4.78 is 6.50. The Morgan fingerprint density at radius 1 is 0.429 bits per heavy atom. The molecule has 0 aliphatic heterocycles. The smallest absolute Gasteiger partial charge is 0.136 e. The van der Waals surface area contributed by atoms with Gasteiger partial charge in [-0.1, -0.05) is 129 Å². The van der Waals surface area contributed by atoms with Crippen LogP contribution >= 0.6 is 0 Å². The molecular weight excluding hydrogens is 508 g/mol. The SMILES string of the molecule is CC1(C)c2ccccc2-c2c1ccc1oc3ccc(-c4c5ccccc5c(-c5ccccc5)c5ccccc45)cc3c21. The van der Waals surface area contributed by atoms with Crippen molar-refractivity contribution < 1.29 is 4.42 Å². The van der Waals surface area contributed by atoms with E-state index in [-0.39, 0.29) is 5.41 Å². The van der Waals surface area contributed by atoms with Crippen molar-refractivity contribution in [1.29, 1.82) is 0 Å². The molecule has 9 rings (SSSR count). The van der Waals surface area contributed by atoms with Gasteiger partial charge < -0.3 is 4.42 Å². The maximum atomic E-state index is 6.50. The van der Waals surface area contributed by atoms with Gasteiger partial charge in [0.25, 0.3) is 0 Å². The predicted octanol–water partition coefficient (Wildman–Crippen LogP) is 11.5. The molecule has 0 saturated carbocycles. The number of rotatable bonds is 2. The Balaban J connectivity index is 1.39. The summed E-state index contributed by atoms with van der Waals surface area (Å²) in [5.74, 6) is 0. The molecule has 0 fully saturated rings. The van der Waals surface area contributed by atoms with Gasteiger partial charge in [-0.2, -0.15) is 0 Å². The zero-order valence-electron chi connectivity index (χ0n) is 23.6. The number of fused-ring (bicyclic) bond motifs is 9. The molecular formula is C41H28O. The molecule has 1 heteroatoms. The fraction of sp³-hybridized carbons (Fsp3) is 0.0732. The Morgan fingerprint density at radius 2 is 1.00 bits per heavy atom. The van der Waals surface area contributed by atoms with Crippen LogP contribution in [0.3, 0.4) is 0 Å². The first kappa shape index (κ1) is 23.6. The average Bonchev–Trinajstić information content (AvgIpc) is 3.52. The van der Waals surface area contributed by atoms with E-state index in [0.29, 0.717) is 0 Å². The van der Waals surface area contributed by atoms with Gasteiger partial charge >= 0.3 is 0 Å². The first-order valence-electron chi connectivity index (χ1n) is 14.7. The van der Waals surface area contributed by atoms with Crippen molar-refractivity contribution in [3.8, 4) is 33.4 Å². The lowest BCUT2D eigenvalue weighted by atomic mass is 9.82. The minimum atomic E-state index is -0.0546. The van der Waals surface area contributed by atoms with Crippen molar-refractivity contribution in [2.45, 2.75) is 19.3 Å². The number of hydrogen-bond acceptors (Lipinski definition) is 1. The molecule has 0 amide bonds. The molecule has 42 heavy (non-hydrogen) atoms. The Morgan fingerprint density at radius 3 is 1.69 bits per heavy atom. The van der Waals surface area contributed by atoms with E-state index in [1.54, 1.807) is 0 Å². The van der Waals surface area contributed by atoms with Crippen LogP contribution in [-0.4, -0.2) is 0 Å². The van der Waals surface area contributed by atoms with Crippen LogP contribution in [0.15, 0.2) is 138 Å². The molecule has 1 aliphatic rings. The highest BCUT2D eigenvalue weighted by Crippen LogP contribution is 2.53. The molecule has 1 nitrogen and oxygen atoms in total. The predicted molar refractivity (Wildman–Crippen MR) is 177 cm³/mol. The molecule has 1 aromatic heterocycles. The van der Waals surface area contributed by atoms with Crippen LogP contribution in [0.4, 0.5) is 0 Å². The zero-order valence-corrected chi connectivity index (χ0v) is 23.6. The van der Waals surface area contributed by atoms with Crippen LogP contribution in [0, 0.1) is 0 Å². The summed E-state index contributed by atoms with van der Waals surface area (Å²) in [7, 11) is 0. The van der Waals surface area contributed by atoms with Gasteiger partial charge in [-0.05, 0) is 84.3 Å². The minimum absolute atomic E-state index is 0.0546. The second-order valence-corrected chi connectivity index (χ2v) is 12.1. The Hall–Kier alpha value is -5.14. The van der Waals surface area contributed by atoms with Crippen LogP contribution < -0.4 is 0 Å². The topological polar surface area (TPSA) is 13.1 Å². The summed E-state index contributed by atoms with van der Waals surface area (Å²) in [6.45, 7) is 4.67. The van der Waals surface area contributed by atoms with E-state index >= 15 is 0 Å². The molecule has 0 spiro atoms. The minimum Gasteiger partial charge on any atom is -0.456 e. The third-order valence-corrected chi connectivity index (χ3v) is 9.46. The second-order valence-electron chi connectivity index (χ2n) is 12.1. The normalized spacial score (nSPS) is 13.7. The number of furan rings is 1. The average molecular weight is 537 g/mol. The molecule has 0 atom stereocenters. The van der Waals surface area contributed by atoms with Gasteiger partial charge in [0.2, 0.25) is 0 Å². The summed E-state index contributed by atoms with van der Waals surface area (Å²) in [4.78, 5) is 0. The Labute approximate surface area is 244 Å². The highest BCUT2D eigenvalue weighted by molar-refractivity contribution is 6.23. The molecule has 1 aliphatic carbocycles. The molecule has 0 saturated heterocycles. The van der Waals surface area contributed by atoms with Gasteiger partial charge in [-0.25, -0.2) is 0 Å².